The van der Waals surface area contributed by atoms with Crippen molar-refractivity contribution in [2.75, 3.05) is 19.7 Å². The molecule has 1 rings (SSSR count). The molecule has 1 heterocycles. The SMILES string of the molecule is CCOC(=O)C(C)NC(=O)C1CCN(C(C)=O)CC1. The van der Waals surface area contributed by atoms with Crippen LogP contribution in [0.1, 0.15) is 33.6 Å². The summed E-state index contributed by atoms with van der Waals surface area (Å²) < 4.78 is 4.83. The lowest BCUT2D eigenvalue weighted by Gasteiger charge is -2.31. The van der Waals surface area contributed by atoms with Crippen molar-refractivity contribution in [2.45, 2.75) is 39.7 Å². The molecule has 0 aromatic rings. The van der Waals surface area contributed by atoms with Gasteiger partial charge in [-0.15, -0.1) is 0 Å². The first-order valence-corrected chi connectivity index (χ1v) is 6.68. The molecule has 19 heavy (non-hydrogen) atoms. The van der Waals surface area contributed by atoms with Gasteiger partial charge in [-0.1, -0.05) is 0 Å². The Hall–Kier alpha value is -1.59. The highest BCUT2D eigenvalue weighted by Gasteiger charge is 2.28. The maximum atomic E-state index is 12.0. The van der Waals surface area contributed by atoms with E-state index in [9.17, 15) is 14.4 Å². The van der Waals surface area contributed by atoms with Gasteiger partial charge in [0.2, 0.25) is 11.8 Å². The van der Waals surface area contributed by atoms with E-state index in [1.807, 2.05) is 0 Å². The van der Waals surface area contributed by atoms with Gasteiger partial charge in [0.15, 0.2) is 0 Å². The molecule has 0 bridgehead atoms. The van der Waals surface area contributed by atoms with E-state index in [1.165, 1.54) is 6.92 Å². The second kappa shape index (κ2) is 7.11. The standard InChI is InChI=1S/C13H22N2O4/c1-4-19-13(18)9(2)14-12(17)11-5-7-15(8-6-11)10(3)16/h9,11H,4-8H2,1-3H3,(H,14,17). The van der Waals surface area contributed by atoms with Crippen molar-refractivity contribution in [1.82, 2.24) is 10.2 Å². The minimum absolute atomic E-state index is 0.0405. The first-order valence-electron chi connectivity index (χ1n) is 6.68. The molecule has 6 nitrogen and oxygen atoms in total. The zero-order valence-corrected chi connectivity index (χ0v) is 11.8. The molecule has 1 atom stereocenters. The van der Waals surface area contributed by atoms with Crippen LogP contribution < -0.4 is 5.32 Å². The van der Waals surface area contributed by atoms with Crippen molar-refractivity contribution in [3.8, 4) is 0 Å². The number of hydrogen-bond acceptors (Lipinski definition) is 4. The summed E-state index contributed by atoms with van der Waals surface area (Å²) in [6.45, 7) is 6.37. The lowest BCUT2D eigenvalue weighted by atomic mass is 9.95. The monoisotopic (exact) mass is 270 g/mol. The van der Waals surface area contributed by atoms with Crippen LogP contribution in [0.5, 0.6) is 0 Å². The fourth-order valence-electron chi connectivity index (χ4n) is 2.11. The van der Waals surface area contributed by atoms with Crippen LogP contribution in [-0.2, 0) is 19.1 Å². The summed E-state index contributed by atoms with van der Waals surface area (Å²) in [5.74, 6) is -0.646. The first kappa shape index (κ1) is 15.5. The highest BCUT2D eigenvalue weighted by Crippen LogP contribution is 2.17. The second-order valence-electron chi connectivity index (χ2n) is 4.76. The highest BCUT2D eigenvalue weighted by molar-refractivity contribution is 5.85. The van der Waals surface area contributed by atoms with Crippen LogP contribution in [0.3, 0.4) is 0 Å². The molecule has 0 radical (unpaired) electrons. The van der Waals surface area contributed by atoms with Gasteiger partial charge in [-0.3, -0.25) is 9.59 Å². The number of nitrogens with zero attached hydrogens (tertiary/aromatic N) is 1. The number of ether oxygens (including phenoxy) is 1. The summed E-state index contributed by atoms with van der Waals surface area (Å²) in [5.41, 5.74) is 0. The van der Waals surface area contributed by atoms with Gasteiger partial charge in [0, 0.05) is 25.9 Å². The molecule has 1 unspecified atom stereocenters. The number of carbonyl (C=O) groups is 3. The zero-order chi connectivity index (χ0) is 14.4. The summed E-state index contributed by atoms with van der Waals surface area (Å²) in [4.78, 5) is 36.3. The highest BCUT2D eigenvalue weighted by atomic mass is 16.5. The van der Waals surface area contributed by atoms with E-state index in [1.54, 1.807) is 18.7 Å². The molecule has 1 aliphatic heterocycles. The molecule has 0 aromatic carbocycles. The van der Waals surface area contributed by atoms with Crippen molar-refractivity contribution in [3.63, 3.8) is 0 Å². The molecule has 1 fully saturated rings. The van der Waals surface area contributed by atoms with Gasteiger partial charge in [0.25, 0.3) is 0 Å². The average Bonchev–Trinajstić information content (AvgIpc) is 2.38. The van der Waals surface area contributed by atoms with E-state index < -0.39 is 12.0 Å². The van der Waals surface area contributed by atoms with Crippen molar-refractivity contribution < 1.29 is 19.1 Å². The maximum absolute atomic E-state index is 12.0. The number of carbonyl (C=O) groups excluding carboxylic acids is 3. The third kappa shape index (κ3) is 4.54. The van der Waals surface area contributed by atoms with E-state index in [4.69, 9.17) is 4.74 Å². The third-order valence-electron chi connectivity index (χ3n) is 3.31. The van der Waals surface area contributed by atoms with E-state index in [-0.39, 0.29) is 17.7 Å². The summed E-state index contributed by atoms with van der Waals surface area (Å²) in [6.07, 6.45) is 1.28. The lowest BCUT2D eigenvalue weighted by molar-refractivity contribution is -0.147. The van der Waals surface area contributed by atoms with Crippen LogP contribution in [0.4, 0.5) is 0 Å². The number of amides is 2. The van der Waals surface area contributed by atoms with E-state index >= 15 is 0 Å². The molecule has 1 N–H and O–H groups in total. The molecule has 2 amide bonds. The Morgan fingerprint density at radius 2 is 1.89 bits per heavy atom. The van der Waals surface area contributed by atoms with Gasteiger partial charge < -0.3 is 15.0 Å². The van der Waals surface area contributed by atoms with Crippen LogP contribution in [-0.4, -0.2) is 48.4 Å². The average molecular weight is 270 g/mol. The molecule has 0 aliphatic carbocycles. The number of esters is 1. The number of nitrogens with one attached hydrogen (secondary N) is 1. The molecule has 1 aliphatic rings. The first-order chi connectivity index (χ1) is 8.95. The molecule has 0 spiro atoms. The molecule has 1 saturated heterocycles. The maximum Gasteiger partial charge on any atom is 0.328 e. The fourth-order valence-corrected chi connectivity index (χ4v) is 2.11. The zero-order valence-electron chi connectivity index (χ0n) is 11.8. The van der Waals surface area contributed by atoms with E-state index in [0.717, 1.165) is 0 Å². The van der Waals surface area contributed by atoms with Crippen molar-refractivity contribution >= 4 is 17.8 Å². The Labute approximate surface area is 113 Å². The van der Waals surface area contributed by atoms with Gasteiger partial charge in [-0.05, 0) is 26.7 Å². The van der Waals surface area contributed by atoms with Crippen LogP contribution in [0, 0.1) is 5.92 Å². The topological polar surface area (TPSA) is 75.7 Å². The number of rotatable bonds is 4. The Balaban J connectivity index is 2.39. The van der Waals surface area contributed by atoms with Crippen molar-refractivity contribution in [3.05, 3.63) is 0 Å². The Bertz CT molecular complexity index is 349. The van der Waals surface area contributed by atoms with Gasteiger partial charge in [-0.25, -0.2) is 4.79 Å². The number of piperidine rings is 1. The number of likely N-dealkylation sites (tertiary alicyclic amines) is 1. The van der Waals surface area contributed by atoms with E-state index in [2.05, 4.69) is 5.32 Å². The smallest absolute Gasteiger partial charge is 0.328 e. The lowest BCUT2D eigenvalue weighted by Crippen LogP contribution is -2.46. The Morgan fingerprint density at radius 1 is 1.32 bits per heavy atom. The van der Waals surface area contributed by atoms with Crippen LogP contribution in [0.2, 0.25) is 0 Å². The summed E-state index contributed by atoms with van der Waals surface area (Å²) in [6, 6.07) is -0.627. The summed E-state index contributed by atoms with van der Waals surface area (Å²) in [7, 11) is 0. The van der Waals surface area contributed by atoms with Gasteiger partial charge >= 0.3 is 5.97 Å². The van der Waals surface area contributed by atoms with Crippen molar-refractivity contribution in [1.29, 1.82) is 0 Å². The molecule has 6 heteroatoms. The van der Waals surface area contributed by atoms with Crippen LogP contribution in [0.15, 0.2) is 0 Å². The largest absolute Gasteiger partial charge is 0.464 e. The fraction of sp³-hybridized carbons (Fsp3) is 0.769. The third-order valence-corrected chi connectivity index (χ3v) is 3.31. The minimum Gasteiger partial charge on any atom is -0.464 e. The molecular weight excluding hydrogens is 248 g/mol. The predicted molar refractivity (Wildman–Crippen MR) is 69.2 cm³/mol. The van der Waals surface area contributed by atoms with E-state index in [0.29, 0.717) is 32.5 Å². The van der Waals surface area contributed by atoms with Gasteiger partial charge in [0.1, 0.15) is 6.04 Å². The Morgan fingerprint density at radius 3 is 2.37 bits per heavy atom. The second-order valence-corrected chi connectivity index (χ2v) is 4.76. The molecule has 0 aromatic heterocycles. The van der Waals surface area contributed by atoms with Crippen LogP contribution in [0.25, 0.3) is 0 Å². The summed E-state index contributed by atoms with van der Waals surface area (Å²) in [5, 5.41) is 2.66. The minimum atomic E-state index is -0.627. The van der Waals surface area contributed by atoms with Crippen LogP contribution >= 0.6 is 0 Å². The number of hydrogen-bond donors (Lipinski definition) is 1. The van der Waals surface area contributed by atoms with Gasteiger partial charge in [-0.2, -0.15) is 0 Å². The predicted octanol–water partition coefficient (Wildman–Crippen LogP) is 0.313. The normalized spacial score (nSPS) is 17.7. The molecule has 0 saturated carbocycles. The summed E-state index contributed by atoms with van der Waals surface area (Å²) >= 11 is 0. The van der Waals surface area contributed by atoms with Crippen molar-refractivity contribution in [2.24, 2.45) is 5.92 Å². The molecular formula is C13H22N2O4. The molecule has 108 valence electrons. The Kier molecular flexibility index (Phi) is 5.79. The quantitative estimate of drug-likeness (QED) is 0.746. The van der Waals surface area contributed by atoms with Gasteiger partial charge in [0.05, 0.1) is 6.61 Å².